The van der Waals surface area contributed by atoms with Crippen molar-refractivity contribution in [1.29, 1.82) is 0 Å². The van der Waals surface area contributed by atoms with Gasteiger partial charge >= 0.3 is 0 Å². The molecule has 0 bridgehead atoms. The lowest BCUT2D eigenvalue weighted by molar-refractivity contribution is -0.0187. The molecule has 0 atom stereocenters. The van der Waals surface area contributed by atoms with Crippen molar-refractivity contribution in [3.63, 3.8) is 0 Å². The Bertz CT molecular complexity index is 1020. The van der Waals surface area contributed by atoms with Gasteiger partial charge in [0, 0.05) is 12.2 Å². The van der Waals surface area contributed by atoms with E-state index in [1.807, 2.05) is 18.7 Å². The summed E-state index contributed by atoms with van der Waals surface area (Å²) in [7, 11) is 0. The molecule has 1 aliphatic heterocycles. The van der Waals surface area contributed by atoms with Gasteiger partial charge in [0.1, 0.15) is 17.4 Å². The van der Waals surface area contributed by atoms with Crippen LogP contribution in [0, 0.1) is 6.92 Å². The van der Waals surface area contributed by atoms with Crippen LogP contribution in [0.2, 0.25) is 0 Å². The highest BCUT2D eigenvalue weighted by atomic mass is 32.2. The normalized spacial score (nSPS) is 21.0. The Kier molecular flexibility index (Phi) is 7.92. The van der Waals surface area contributed by atoms with Crippen molar-refractivity contribution in [2.24, 2.45) is 0 Å². The lowest BCUT2D eigenvalue weighted by atomic mass is 9.90. The number of rotatable bonds is 6. The summed E-state index contributed by atoms with van der Waals surface area (Å²) in [4.78, 5) is 29.7. The second-order valence-corrected chi connectivity index (χ2v) is 10.1. The van der Waals surface area contributed by atoms with Crippen LogP contribution in [0.25, 0.3) is 0 Å². The van der Waals surface area contributed by atoms with Gasteiger partial charge in [0.15, 0.2) is 0 Å². The Morgan fingerprint density at radius 3 is 2.56 bits per heavy atom. The molecule has 2 N–H and O–H groups in total. The number of aromatic nitrogens is 1. The molecule has 2 fully saturated rings. The number of amides is 2. The van der Waals surface area contributed by atoms with Gasteiger partial charge in [0.25, 0.3) is 11.8 Å². The van der Waals surface area contributed by atoms with E-state index in [0.29, 0.717) is 30.8 Å². The van der Waals surface area contributed by atoms with E-state index in [-0.39, 0.29) is 40.8 Å². The number of carbonyl (C=O) groups is 2. The van der Waals surface area contributed by atoms with Crippen molar-refractivity contribution in [2.45, 2.75) is 63.6 Å². The molecule has 2 heterocycles. The van der Waals surface area contributed by atoms with E-state index in [0.717, 1.165) is 29.9 Å². The van der Waals surface area contributed by atoms with Crippen molar-refractivity contribution in [1.82, 2.24) is 15.4 Å². The van der Waals surface area contributed by atoms with Crippen molar-refractivity contribution < 1.29 is 23.9 Å². The summed E-state index contributed by atoms with van der Waals surface area (Å²) in [6.45, 7) is 1.84. The quantitative estimate of drug-likeness (QED) is 0.586. The summed E-state index contributed by atoms with van der Waals surface area (Å²) in [6, 6.07) is 7.34. The van der Waals surface area contributed by atoms with E-state index >= 15 is 4.48 Å². The molecule has 4 rings (SSSR count). The summed E-state index contributed by atoms with van der Waals surface area (Å²) in [5, 5.41) is 13.2. The standard InChI is InChI=1S/C25H30FN3O4S/c1-16-4-9-20(22(30)15-16)23(31)28-17-5-7-18(8-6-17)29(26)25(32)21-3-2-12-27-24(21)33-19-10-13-34-14-11-19/h2-4,9,12,15,17-19,30H,5-8,10-11,13-14H2,1H3,(H,28,31). The first-order chi connectivity index (χ1) is 16.4. The molecular weight excluding hydrogens is 457 g/mol. The predicted octanol–water partition coefficient (Wildman–Crippen LogP) is 4.44. The fourth-order valence-corrected chi connectivity index (χ4v) is 5.49. The average Bonchev–Trinajstić information content (AvgIpc) is 2.84. The van der Waals surface area contributed by atoms with Gasteiger partial charge in [-0.1, -0.05) is 10.5 Å². The third-order valence-electron chi connectivity index (χ3n) is 6.39. The summed E-state index contributed by atoms with van der Waals surface area (Å²) >= 11 is 1.87. The number of nitrogens with zero attached hydrogens (tertiary/aromatic N) is 2. The summed E-state index contributed by atoms with van der Waals surface area (Å²) in [5.41, 5.74) is 1.21. The Hall–Kier alpha value is -2.81. The zero-order chi connectivity index (χ0) is 24.1. The molecule has 0 radical (unpaired) electrons. The SMILES string of the molecule is Cc1ccc(C(=O)NC2CCC(N(F)C(=O)c3cccnc3OC3CCSCC3)CC2)c(O)c1. The minimum absolute atomic E-state index is 0.0113. The number of phenols is 1. The smallest absolute Gasteiger partial charge is 0.287 e. The second-order valence-electron chi connectivity index (χ2n) is 8.90. The Morgan fingerprint density at radius 1 is 1.12 bits per heavy atom. The molecule has 34 heavy (non-hydrogen) atoms. The minimum Gasteiger partial charge on any atom is -0.507 e. The van der Waals surface area contributed by atoms with Crippen LogP contribution >= 0.6 is 11.8 Å². The highest BCUT2D eigenvalue weighted by molar-refractivity contribution is 7.99. The minimum atomic E-state index is -0.745. The number of thioether (sulfide) groups is 1. The lowest BCUT2D eigenvalue weighted by Crippen LogP contribution is -2.43. The van der Waals surface area contributed by atoms with E-state index in [9.17, 15) is 14.7 Å². The molecule has 0 unspecified atom stereocenters. The molecule has 2 aliphatic rings. The maximum Gasteiger partial charge on any atom is 0.287 e. The third kappa shape index (κ3) is 5.81. The maximum absolute atomic E-state index is 15.1. The number of carbonyl (C=O) groups excluding carboxylic acids is 2. The first kappa shape index (κ1) is 24.3. The number of phenolic OH excluding ortho intramolecular Hbond substituents is 1. The zero-order valence-corrected chi connectivity index (χ0v) is 20.0. The lowest BCUT2D eigenvalue weighted by Gasteiger charge is -2.32. The van der Waals surface area contributed by atoms with Crippen LogP contribution in [0.1, 0.15) is 64.8 Å². The maximum atomic E-state index is 15.1. The molecule has 2 aromatic rings. The number of nitrogens with one attached hydrogen (secondary N) is 1. The van der Waals surface area contributed by atoms with E-state index in [4.69, 9.17) is 4.74 Å². The Morgan fingerprint density at radius 2 is 1.85 bits per heavy atom. The number of aromatic hydroxyl groups is 1. The fraction of sp³-hybridized carbons (Fsp3) is 0.480. The number of pyridine rings is 1. The number of ether oxygens (including phenoxy) is 1. The van der Waals surface area contributed by atoms with Crippen LogP contribution in [0.5, 0.6) is 11.6 Å². The molecule has 1 aliphatic carbocycles. The molecular formula is C25H30FN3O4S. The van der Waals surface area contributed by atoms with Gasteiger partial charge in [-0.15, -0.1) is 0 Å². The van der Waals surface area contributed by atoms with Gasteiger partial charge in [-0.05, 0) is 86.8 Å². The Labute approximate surface area is 203 Å². The number of aryl methyl sites for hydroxylation is 1. The van der Waals surface area contributed by atoms with Crippen molar-refractivity contribution in [2.75, 3.05) is 11.5 Å². The monoisotopic (exact) mass is 487 g/mol. The number of benzene rings is 1. The van der Waals surface area contributed by atoms with E-state index < -0.39 is 11.9 Å². The highest BCUT2D eigenvalue weighted by Crippen LogP contribution is 2.29. The van der Waals surface area contributed by atoms with Crippen molar-refractivity contribution in [3.8, 4) is 11.6 Å². The topological polar surface area (TPSA) is 91.8 Å². The molecule has 1 saturated carbocycles. The van der Waals surface area contributed by atoms with Crippen LogP contribution in [-0.2, 0) is 0 Å². The molecule has 1 aromatic heterocycles. The van der Waals surface area contributed by atoms with Gasteiger partial charge in [-0.25, -0.2) is 4.98 Å². The first-order valence-electron chi connectivity index (χ1n) is 11.7. The molecule has 9 heteroatoms. The summed E-state index contributed by atoms with van der Waals surface area (Å²) < 4.78 is 21.1. The van der Waals surface area contributed by atoms with E-state index in [2.05, 4.69) is 10.3 Å². The van der Waals surface area contributed by atoms with Crippen molar-refractivity contribution >= 4 is 23.6 Å². The van der Waals surface area contributed by atoms with E-state index in [1.165, 1.54) is 0 Å². The molecule has 182 valence electrons. The van der Waals surface area contributed by atoms with Gasteiger partial charge in [0.05, 0.1) is 11.6 Å². The van der Waals surface area contributed by atoms with Crippen LogP contribution in [-0.4, -0.2) is 56.7 Å². The highest BCUT2D eigenvalue weighted by Gasteiger charge is 2.32. The van der Waals surface area contributed by atoms with Gasteiger partial charge in [-0.2, -0.15) is 16.9 Å². The summed E-state index contributed by atoms with van der Waals surface area (Å²) in [5.74, 6) is 1.02. The van der Waals surface area contributed by atoms with E-state index in [1.54, 1.807) is 36.5 Å². The Balaban J connectivity index is 1.33. The summed E-state index contributed by atoms with van der Waals surface area (Å²) in [6.07, 6.45) is 5.20. The number of hydrogen-bond donors (Lipinski definition) is 2. The molecule has 7 nitrogen and oxygen atoms in total. The largest absolute Gasteiger partial charge is 0.507 e. The molecule has 2 amide bonds. The molecule has 0 spiro atoms. The fourth-order valence-electron chi connectivity index (χ4n) is 4.42. The van der Waals surface area contributed by atoms with Crippen molar-refractivity contribution in [3.05, 3.63) is 53.2 Å². The van der Waals surface area contributed by atoms with Gasteiger partial charge in [0.2, 0.25) is 5.88 Å². The second kappa shape index (κ2) is 11.1. The average molecular weight is 488 g/mol. The van der Waals surface area contributed by atoms with Gasteiger partial charge < -0.3 is 15.2 Å². The zero-order valence-electron chi connectivity index (χ0n) is 19.2. The van der Waals surface area contributed by atoms with Crippen LogP contribution in [0.15, 0.2) is 36.5 Å². The molecule has 1 aromatic carbocycles. The number of hydrogen-bond acceptors (Lipinski definition) is 6. The van der Waals surface area contributed by atoms with Crippen LogP contribution in [0.3, 0.4) is 0 Å². The van der Waals surface area contributed by atoms with Crippen LogP contribution < -0.4 is 10.1 Å². The predicted molar refractivity (Wildman–Crippen MR) is 129 cm³/mol. The third-order valence-corrected chi connectivity index (χ3v) is 7.44. The van der Waals surface area contributed by atoms with Gasteiger partial charge in [-0.3, -0.25) is 9.59 Å². The molecule has 1 saturated heterocycles. The number of halogens is 1. The van der Waals surface area contributed by atoms with Crippen LogP contribution in [0.4, 0.5) is 4.48 Å². The first-order valence-corrected chi connectivity index (χ1v) is 12.9.